The Labute approximate surface area is 242 Å². The van der Waals surface area contributed by atoms with E-state index in [1.807, 2.05) is 0 Å². The fraction of sp³-hybridized carbons (Fsp3) is 0.464. The number of methoxy groups -OCH3 is 1. The number of aromatic nitrogens is 3. The van der Waals surface area contributed by atoms with Gasteiger partial charge in [0.05, 0.1) is 25.0 Å². The number of benzene rings is 1. The van der Waals surface area contributed by atoms with Gasteiger partial charge in [-0.15, -0.1) is 5.10 Å². The van der Waals surface area contributed by atoms with Gasteiger partial charge >= 0.3 is 23.9 Å². The molecule has 1 aliphatic rings. The number of hydrogen-bond acceptors (Lipinski definition) is 12. The van der Waals surface area contributed by atoms with Gasteiger partial charge in [0.1, 0.15) is 18.4 Å². The second kappa shape index (κ2) is 14.2. The van der Waals surface area contributed by atoms with Gasteiger partial charge in [-0.2, -0.15) is 0 Å². The summed E-state index contributed by atoms with van der Waals surface area (Å²) in [5, 5.41) is 11.4. The van der Waals surface area contributed by atoms with Crippen LogP contribution in [-0.2, 0) is 47.7 Å². The lowest BCUT2D eigenvalue weighted by atomic mass is 9.87. The van der Waals surface area contributed by atoms with E-state index in [1.165, 1.54) is 24.8 Å². The van der Waals surface area contributed by atoms with Crippen molar-refractivity contribution in [2.24, 2.45) is 5.92 Å². The smallest absolute Gasteiger partial charge is 0.373 e. The molecule has 14 nitrogen and oxygen atoms in total. The molecule has 5 atom stereocenters. The fourth-order valence-electron chi connectivity index (χ4n) is 4.45. The second-order valence-corrected chi connectivity index (χ2v) is 9.51. The summed E-state index contributed by atoms with van der Waals surface area (Å²) in [6.45, 7) is 6.54. The zero-order valence-corrected chi connectivity index (χ0v) is 24.2. The number of carbonyl (C=O) groups is 5. The number of allylic oxidation sites excluding steroid dienone is 1. The van der Waals surface area contributed by atoms with Gasteiger partial charge in [-0.3, -0.25) is 19.2 Å². The van der Waals surface area contributed by atoms with Crippen LogP contribution < -0.4 is 5.32 Å². The summed E-state index contributed by atoms with van der Waals surface area (Å²) in [6.07, 6.45) is -0.242. The van der Waals surface area contributed by atoms with Gasteiger partial charge in [0, 0.05) is 38.7 Å². The minimum absolute atomic E-state index is 0.172. The average Bonchev–Trinajstić information content (AvgIpc) is 3.43. The minimum Gasteiger partial charge on any atom is -0.479 e. The van der Waals surface area contributed by atoms with Crippen molar-refractivity contribution in [3.8, 4) is 11.3 Å². The van der Waals surface area contributed by atoms with Gasteiger partial charge in [0.15, 0.2) is 12.2 Å². The lowest BCUT2D eigenvalue weighted by Crippen LogP contribution is -2.52. The molecule has 0 fully saturated rings. The van der Waals surface area contributed by atoms with Crippen molar-refractivity contribution in [3.05, 3.63) is 42.3 Å². The van der Waals surface area contributed by atoms with Crippen LogP contribution in [0.4, 0.5) is 5.69 Å². The number of esters is 4. The Bertz CT molecular complexity index is 1350. The number of carbonyl (C=O) groups excluding carboxylic acids is 5. The number of para-hydroxylation sites is 1. The maximum atomic E-state index is 12.6. The second-order valence-electron chi connectivity index (χ2n) is 9.51. The normalized spacial score (nSPS) is 19.3. The zero-order chi connectivity index (χ0) is 31.0. The highest BCUT2D eigenvalue weighted by atomic mass is 16.6. The summed E-state index contributed by atoms with van der Waals surface area (Å²) in [5.74, 6) is -3.86. The maximum absolute atomic E-state index is 12.6. The maximum Gasteiger partial charge on any atom is 0.373 e. The SMILES string of the molecule is CCC(=O)Nc1ccccc1-c1cn([C@H]2C=C(C(=O)OC)O[C@@H]([C@H](OC(C)=O)[C@@H](COC(C)=O)OC(C)=O)[C@@H]2C)nn1. The molecule has 0 saturated heterocycles. The molecule has 3 rings (SSSR count). The van der Waals surface area contributed by atoms with Crippen molar-refractivity contribution in [2.75, 3.05) is 19.0 Å². The molecule has 2 heterocycles. The minimum atomic E-state index is -1.30. The predicted octanol–water partition coefficient (Wildman–Crippen LogP) is 2.35. The first-order valence-electron chi connectivity index (χ1n) is 13.2. The Hall–Kier alpha value is -4.75. The molecular formula is C28H34N4O10. The molecule has 1 aromatic carbocycles. The third kappa shape index (κ3) is 7.92. The molecule has 1 aromatic heterocycles. The van der Waals surface area contributed by atoms with Crippen LogP contribution in [0, 0.1) is 5.92 Å². The van der Waals surface area contributed by atoms with Crippen molar-refractivity contribution in [1.29, 1.82) is 0 Å². The molecule has 2 aromatic rings. The number of ether oxygens (including phenoxy) is 5. The van der Waals surface area contributed by atoms with Crippen LogP contribution in [0.2, 0.25) is 0 Å². The third-order valence-electron chi connectivity index (χ3n) is 6.40. The number of nitrogens with zero attached hydrogens (tertiary/aromatic N) is 3. The van der Waals surface area contributed by atoms with Gasteiger partial charge in [-0.25, -0.2) is 9.48 Å². The predicted molar refractivity (Wildman–Crippen MR) is 145 cm³/mol. The number of nitrogens with one attached hydrogen (secondary N) is 1. The molecule has 0 bridgehead atoms. The van der Waals surface area contributed by atoms with Crippen LogP contribution >= 0.6 is 0 Å². The molecule has 0 unspecified atom stereocenters. The van der Waals surface area contributed by atoms with E-state index < -0.39 is 60.8 Å². The number of anilines is 1. The van der Waals surface area contributed by atoms with Crippen molar-refractivity contribution >= 4 is 35.5 Å². The molecular weight excluding hydrogens is 552 g/mol. The Balaban J connectivity index is 2.05. The van der Waals surface area contributed by atoms with Crippen LogP contribution in [0.3, 0.4) is 0 Å². The zero-order valence-electron chi connectivity index (χ0n) is 24.2. The Morgan fingerprint density at radius 1 is 1.05 bits per heavy atom. The van der Waals surface area contributed by atoms with E-state index in [2.05, 4.69) is 15.6 Å². The van der Waals surface area contributed by atoms with Crippen LogP contribution in [0.5, 0.6) is 0 Å². The lowest BCUT2D eigenvalue weighted by Gasteiger charge is -2.40. The molecule has 1 aliphatic heterocycles. The summed E-state index contributed by atoms with van der Waals surface area (Å²) in [5.41, 5.74) is 1.60. The lowest BCUT2D eigenvalue weighted by molar-refractivity contribution is -0.190. The Morgan fingerprint density at radius 3 is 2.36 bits per heavy atom. The molecule has 42 heavy (non-hydrogen) atoms. The van der Waals surface area contributed by atoms with Gasteiger partial charge in [0.25, 0.3) is 0 Å². The average molecular weight is 587 g/mol. The first-order chi connectivity index (χ1) is 19.9. The van der Waals surface area contributed by atoms with Crippen LogP contribution in [0.15, 0.2) is 42.3 Å². The standard InChI is InChI=1S/C28H34N4O10/c1-7-25(36)29-20-11-9-8-10-19(20)21-13-32(31-30-21)22-12-23(28(37)38-6)42-26(15(22)2)27(41-18(5)35)24(40-17(4)34)14-39-16(3)33/h8-13,15,22,24,26-27H,7,14H2,1-6H3,(H,29,36)/t15-,22+,24-,26-,27-/m1/s1. The Morgan fingerprint density at radius 2 is 1.74 bits per heavy atom. The molecule has 1 N–H and O–H groups in total. The first kappa shape index (κ1) is 31.8. The summed E-state index contributed by atoms with van der Waals surface area (Å²) in [4.78, 5) is 60.3. The molecule has 14 heteroatoms. The molecule has 1 amide bonds. The van der Waals surface area contributed by atoms with E-state index in [4.69, 9.17) is 23.7 Å². The van der Waals surface area contributed by atoms with Gasteiger partial charge in [-0.1, -0.05) is 37.3 Å². The van der Waals surface area contributed by atoms with Gasteiger partial charge < -0.3 is 29.0 Å². The van der Waals surface area contributed by atoms with Crippen LogP contribution in [0.25, 0.3) is 11.3 Å². The monoisotopic (exact) mass is 586 g/mol. The topological polar surface area (TPSA) is 174 Å². The van der Waals surface area contributed by atoms with Crippen molar-refractivity contribution in [2.45, 2.75) is 65.4 Å². The van der Waals surface area contributed by atoms with Crippen molar-refractivity contribution < 1.29 is 47.7 Å². The van der Waals surface area contributed by atoms with Crippen LogP contribution in [-0.4, -0.2) is 76.8 Å². The van der Waals surface area contributed by atoms with E-state index in [-0.39, 0.29) is 11.7 Å². The van der Waals surface area contributed by atoms with E-state index in [0.29, 0.717) is 23.4 Å². The molecule has 0 radical (unpaired) electrons. The van der Waals surface area contributed by atoms with E-state index in [0.717, 1.165) is 13.8 Å². The summed E-state index contributed by atoms with van der Waals surface area (Å²) in [7, 11) is 1.18. The Kier molecular flexibility index (Phi) is 10.8. The summed E-state index contributed by atoms with van der Waals surface area (Å²) in [6, 6.07) is 6.40. The van der Waals surface area contributed by atoms with E-state index >= 15 is 0 Å². The number of hydrogen-bond donors (Lipinski definition) is 1. The molecule has 0 saturated carbocycles. The largest absolute Gasteiger partial charge is 0.479 e. The highest BCUT2D eigenvalue weighted by molar-refractivity contribution is 5.94. The third-order valence-corrected chi connectivity index (χ3v) is 6.40. The fourth-order valence-corrected chi connectivity index (χ4v) is 4.45. The van der Waals surface area contributed by atoms with Crippen molar-refractivity contribution in [3.63, 3.8) is 0 Å². The quantitative estimate of drug-likeness (QED) is 0.301. The van der Waals surface area contributed by atoms with Gasteiger partial charge in [0.2, 0.25) is 11.7 Å². The van der Waals surface area contributed by atoms with Gasteiger partial charge in [-0.05, 0) is 12.1 Å². The van der Waals surface area contributed by atoms with E-state index in [1.54, 1.807) is 44.3 Å². The molecule has 0 aliphatic carbocycles. The van der Waals surface area contributed by atoms with E-state index in [9.17, 15) is 24.0 Å². The molecule has 226 valence electrons. The highest BCUT2D eigenvalue weighted by Crippen LogP contribution is 2.37. The molecule has 0 spiro atoms. The first-order valence-corrected chi connectivity index (χ1v) is 13.2. The van der Waals surface area contributed by atoms with Crippen molar-refractivity contribution in [1.82, 2.24) is 15.0 Å². The highest BCUT2D eigenvalue weighted by Gasteiger charge is 2.46. The number of rotatable bonds is 11. The summed E-state index contributed by atoms with van der Waals surface area (Å²) >= 11 is 0. The van der Waals surface area contributed by atoms with Crippen LogP contribution in [0.1, 0.15) is 47.1 Å². The number of amides is 1. The summed E-state index contributed by atoms with van der Waals surface area (Å²) < 4.78 is 28.3.